The Morgan fingerprint density at radius 2 is 0.958 bits per heavy atom. The quantitative estimate of drug-likeness (QED) is 0.194. The fourth-order valence-corrected chi connectivity index (χ4v) is 7.93. The van der Waals surface area contributed by atoms with Crippen molar-refractivity contribution in [1.29, 1.82) is 0 Å². The molecule has 0 aliphatic carbocycles. The first-order valence-electron chi connectivity index (χ1n) is 15.9. The van der Waals surface area contributed by atoms with Gasteiger partial charge >= 0.3 is 0 Å². The molecule has 0 atom stereocenters. The van der Waals surface area contributed by atoms with Gasteiger partial charge in [0.2, 0.25) is 0 Å². The number of thiophene rings is 1. The van der Waals surface area contributed by atoms with Gasteiger partial charge in [0.15, 0.2) is 17.5 Å². The third kappa shape index (κ3) is 4.24. The maximum atomic E-state index is 5.10. The van der Waals surface area contributed by atoms with Crippen molar-refractivity contribution in [3.8, 4) is 45.3 Å². The highest BCUT2D eigenvalue weighted by molar-refractivity contribution is 7.26. The first-order valence-corrected chi connectivity index (χ1v) is 16.7. The second kappa shape index (κ2) is 10.7. The standard InChI is InChI=1S/C42H25N5S/c1-3-11-27(12-4-1)39-44-40(28-13-5-2-6-14-28)46-41(45-39)29-21-19-26(20-22-29)30-23-24-36-33(25-30)37-38(48-36)31-15-7-8-16-32(31)42-43-34-17-9-10-18-35(34)47(37)42/h1-25H. The molecule has 0 saturated heterocycles. The van der Waals surface area contributed by atoms with E-state index in [-0.39, 0.29) is 0 Å². The van der Waals surface area contributed by atoms with Crippen molar-refractivity contribution in [3.05, 3.63) is 152 Å². The summed E-state index contributed by atoms with van der Waals surface area (Å²) in [4.78, 5) is 19.8. The van der Waals surface area contributed by atoms with Crippen molar-refractivity contribution in [2.24, 2.45) is 0 Å². The minimum atomic E-state index is 0.648. The van der Waals surface area contributed by atoms with Gasteiger partial charge in [-0.05, 0) is 35.4 Å². The minimum Gasteiger partial charge on any atom is -0.290 e. The summed E-state index contributed by atoms with van der Waals surface area (Å²) in [6.45, 7) is 0. The van der Waals surface area contributed by atoms with Gasteiger partial charge in [-0.15, -0.1) is 11.3 Å². The number of hydrogen-bond acceptors (Lipinski definition) is 5. The maximum absolute atomic E-state index is 5.10. The SMILES string of the molecule is c1ccc(-c2nc(-c3ccccc3)nc(-c3ccc(-c4ccc5sc6c7ccccc7c7nc8ccccc8n7c6c5c4)cc3)n2)cc1. The smallest absolute Gasteiger partial charge is 0.164 e. The topological polar surface area (TPSA) is 56.0 Å². The third-order valence-electron chi connectivity index (χ3n) is 9.03. The molecule has 0 aliphatic rings. The predicted octanol–water partition coefficient (Wildman–Crippen LogP) is 10.9. The molecule has 224 valence electrons. The van der Waals surface area contributed by atoms with Crippen molar-refractivity contribution in [3.63, 3.8) is 0 Å². The number of hydrogen-bond donors (Lipinski definition) is 0. The second-order valence-corrected chi connectivity index (χ2v) is 13.0. The Morgan fingerprint density at radius 1 is 0.417 bits per heavy atom. The fourth-order valence-electron chi connectivity index (χ4n) is 6.73. The third-order valence-corrected chi connectivity index (χ3v) is 10.2. The molecule has 10 aromatic rings. The van der Waals surface area contributed by atoms with Crippen molar-refractivity contribution in [2.45, 2.75) is 0 Å². The van der Waals surface area contributed by atoms with Gasteiger partial charge in [-0.25, -0.2) is 19.9 Å². The molecule has 10 rings (SSSR count). The minimum absolute atomic E-state index is 0.648. The first kappa shape index (κ1) is 26.9. The van der Waals surface area contributed by atoms with E-state index in [1.807, 2.05) is 72.0 Å². The van der Waals surface area contributed by atoms with Gasteiger partial charge in [0, 0.05) is 37.5 Å². The molecule has 0 bridgehead atoms. The molecule has 0 fully saturated rings. The summed E-state index contributed by atoms with van der Waals surface area (Å²) in [6.07, 6.45) is 0. The number of fused-ring (bicyclic) bond motifs is 10. The van der Waals surface area contributed by atoms with Gasteiger partial charge in [-0.2, -0.15) is 0 Å². The highest BCUT2D eigenvalue weighted by Crippen LogP contribution is 2.42. The van der Waals surface area contributed by atoms with Crippen LogP contribution in [-0.4, -0.2) is 24.3 Å². The van der Waals surface area contributed by atoms with E-state index in [0.29, 0.717) is 17.5 Å². The lowest BCUT2D eigenvalue weighted by molar-refractivity contribution is 1.07. The lowest BCUT2D eigenvalue weighted by atomic mass is 10.0. The van der Waals surface area contributed by atoms with Crippen LogP contribution in [0.25, 0.3) is 93.0 Å². The molecular formula is C42H25N5S. The number of pyridine rings is 1. The van der Waals surface area contributed by atoms with E-state index in [2.05, 4.69) is 95.4 Å². The number of aromatic nitrogens is 5. The van der Waals surface area contributed by atoms with Crippen LogP contribution in [-0.2, 0) is 0 Å². The van der Waals surface area contributed by atoms with Gasteiger partial charge in [0.05, 0.1) is 21.3 Å². The molecule has 0 N–H and O–H groups in total. The Labute approximate surface area is 279 Å². The number of para-hydroxylation sites is 2. The van der Waals surface area contributed by atoms with Crippen molar-refractivity contribution >= 4 is 59.1 Å². The van der Waals surface area contributed by atoms with Crippen molar-refractivity contribution in [2.75, 3.05) is 0 Å². The highest BCUT2D eigenvalue weighted by Gasteiger charge is 2.18. The van der Waals surface area contributed by atoms with E-state index < -0.39 is 0 Å². The molecule has 0 saturated carbocycles. The summed E-state index contributed by atoms with van der Waals surface area (Å²) < 4.78 is 4.89. The monoisotopic (exact) mass is 631 g/mol. The van der Waals surface area contributed by atoms with Crippen LogP contribution >= 0.6 is 11.3 Å². The number of nitrogens with zero attached hydrogens (tertiary/aromatic N) is 5. The summed E-state index contributed by atoms with van der Waals surface area (Å²) in [7, 11) is 0. The van der Waals surface area contributed by atoms with E-state index in [9.17, 15) is 0 Å². The Hall–Kier alpha value is -6.24. The molecular weight excluding hydrogens is 607 g/mol. The van der Waals surface area contributed by atoms with Crippen LogP contribution in [0.2, 0.25) is 0 Å². The molecule has 5 nitrogen and oxygen atoms in total. The molecule has 0 aliphatic heterocycles. The van der Waals surface area contributed by atoms with Crippen LogP contribution in [0, 0.1) is 0 Å². The zero-order chi connectivity index (χ0) is 31.6. The predicted molar refractivity (Wildman–Crippen MR) is 198 cm³/mol. The Balaban J connectivity index is 1.12. The molecule has 0 spiro atoms. The summed E-state index contributed by atoms with van der Waals surface area (Å²) in [5.41, 5.74) is 9.48. The molecule has 0 radical (unpaired) electrons. The zero-order valence-corrected chi connectivity index (χ0v) is 26.4. The van der Waals surface area contributed by atoms with Crippen LogP contribution in [0.4, 0.5) is 0 Å². The van der Waals surface area contributed by atoms with Gasteiger partial charge in [0.1, 0.15) is 5.65 Å². The summed E-state index contributed by atoms with van der Waals surface area (Å²) in [6, 6.07) is 52.6. The van der Waals surface area contributed by atoms with Crippen LogP contribution in [0.5, 0.6) is 0 Å². The zero-order valence-electron chi connectivity index (χ0n) is 25.6. The van der Waals surface area contributed by atoms with Crippen LogP contribution < -0.4 is 0 Å². The summed E-state index contributed by atoms with van der Waals surface area (Å²) >= 11 is 1.85. The average molecular weight is 632 g/mol. The normalized spacial score (nSPS) is 11.8. The number of imidazole rings is 1. The van der Waals surface area contributed by atoms with Crippen LogP contribution in [0.1, 0.15) is 0 Å². The van der Waals surface area contributed by atoms with Crippen molar-refractivity contribution < 1.29 is 0 Å². The van der Waals surface area contributed by atoms with E-state index in [0.717, 1.165) is 44.5 Å². The maximum Gasteiger partial charge on any atom is 0.164 e. The summed E-state index contributed by atoms with van der Waals surface area (Å²) in [5.74, 6) is 1.96. The van der Waals surface area contributed by atoms with Gasteiger partial charge in [0.25, 0.3) is 0 Å². The molecule has 4 heterocycles. The Morgan fingerprint density at radius 3 is 1.65 bits per heavy atom. The Kier molecular flexibility index (Phi) is 5.98. The van der Waals surface area contributed by atoms with E-state index >= 15 is 0 Å². The Bertz CT molecular complexity index is 2760. The van der Waals surface area contributed by atoms with E-state index in [1.54, 1.807) is 0 Å². The highest BCUT2D eigenvalue weighted by atomic mass is 32.1. The van der Waals surface area contributed by atoms with Gasteiger partial charge in [-0.1, -0.05) is 127 Å². The number of benzene rings is 6. The summed E-state index contributed by atoms with van der Waals surface area (Å²) in [5, 5.41) is 3.64. The molecule has 4 aromatic heterocycles. The molecule has 48 heavy (non-hydrogen) atoms. The van der Waals surface area contributed by atoms with Crippen LogP contribution in [0.3, 0.4) is 0 Å². The average Bonchev–Trinajstić information content (AvgIpc) is 3.74. The van der Waals surface area contributed by atoms with Gasteiger partial charge in [-0.3, -0.25) is 4.40 Å². The largest absolute Gasteiger partial charge is 0.290 e. The fraction of sp³-hybridized carbons (Fsp3) is 0. The van der Waals surface area contributed by atoms with Gasteiger partial charge < -0.3 is 0 Å². The number of rotatable bonds is 4. The molecule has 6 aromatic carbocycles. The van der Waals surface area contributed by atoms with E-state index in [1.165, 1.54) is 31.1 Å². The second-order valence-electron chi connectivity index (χ2n) is 11.9. The lowest BCUT2D eigenvalue weighted by Crippen LogP contribution is -2.00. The molecule has 0 unspecified atom stereocenters. The van der Waals surface area contributed by atoms with E-state index in [4.69, 9.17) is 19.9 Å². The van der Waals surface area contributed by atoms with Crippen molar-refractivity contribution in [1.82, 2.24) is 24.3 Å². The van der Waals surface area contributed by atoms with Crippen LogP contribution in [0.15, 0.2) is 152 Å². The first-order chi connectivity index (χ1) is 23.8. The molecule has 6 heteroatoms. The molecule has 0 amide bonds. The lowest BCUT2D eigenvalue weighted by Gasteiger charge is -2.09.